The van der Waals surface area contributed by atoms with E-state index in [0.29, 0.717) is 35.1 Å². The van der Waals surface area contributed by atoms with Crippen molar-refractivity contribution in [3.63, 3.8) is 0 Å². The summed E-state index contributed by atoms with van der Waals surface area (Å²) in [5.74, 6) is 0.0410. The Bertz CT molecular complexity index is 982. The van der Waals surface area contributed by atoms with Gasteiger partial charge in [0.2, 0.25) is 5.91 Å². The van der Waals surface area contributed by atoms with Gasteiger partial charge in [0.1, 0.15) is 6.54 Å². The van der Waals surface area contributed by atoms with Crippen molar-refractivity contribution in [1.29, 1.82) is 0 Å². The normalized spacial score (nSPS) is 10.7. The number of amides is 1. The molecule has 0 spiro atoms. The summed E-state index contributed by atoms with van der Waals surface area (Å²) >= 11 is 6.22. The maximum atomic E-state index is 13.0. The quantitative estimate of drug-likeness (QED) is 0.606. The third kappa shape index (κ3) is 4.27. The highest BCUT2D eigenvalue weighted by molar-refractivity contribution is 6.32. The van der Waals surface area contributed by atoms with E-state index in [1.54, 1.807) is 24.3 Å². The molecule has 2 aromatic carbocycles. The van der Waals surface area contributed by atoms with Crippen LogP contribution in [0, 0.1) is 0 Å². The number of carbonyl (C=O) groups is 1. The molecule has 0 aliphatic carbocycles. The molecule has 140 valence electrons. The second-order valence-electron chi connectivity index (χ2n) is 5.85. The van der Waals surface area contributed by atoms with Crippen molar-refractivity contribution in [2.24, 2.45) is 0 Å². The Hall–Kier alpha value is -2.90. The molecule has 0 fully saturated rings. The molecule has 0 bridgehead atoms. The lowest BCUT2D eigenvalue weighted by Crippen LogP contribution is -2.34. The van der Waals surface area contributed by atoms with Crippen molar-refractivity contribution in [2.75, 3.05) is 13.2 Å². The van der Waals surface area contributed by atoms with Crippen molar-refractivity contribution in [2.45, 2.75) is 13.0 Å². The van der Waals surface area contributed by atoms with Crippen LogP contribution < -0.4 is 11.0 Å². The van der Waals surface area contributed by atoms with Gasteiger partial charge in [0.25, 0.3) is 0 Å². The number of para-hydroxylation sites is 1. The highest BCUT2D eigenvalue weighted by Gasteiger charge is 2.19. The van der Waals surface area contributed by atoms with E-state index in [0.717, 1.165) is 0 Å². The molecule has 0 atom stereocenters. The Labute approximate surface area is 160 Å². The van der Waals surface area contributed by atoms with E-state index in [4.69, 9.17) is 16.7 Å². The van der Waals surface area contributed by atoms with E-state index in [2.05, 4.69) is 10.4 Å². The third-order valence-corrected chi connectivity index (χ3v) is 4.25. The van der Waals surface area contributed by atoms with Crippen LogP contribution in [-0.4, -0.2) is 38.5 Å². The molecule has 8 heteroatoms. The molecule has 0 saturated heterocycles. The lowest BCUT2D eigenvalue weighted by molar-refractivity contribution is -0.121. The molecule has 3 aromatic rings. The molecule has 1 heterocycles. The first-order valence-electron chi connectivity index (χ1n) is 8.49. The van der Waals surface area contributed by atoms with E-state index < -0.39 is 5.69 Å². The Morgan fingerprint density at radius 1 is 1.11 bits per heavy atom. The van der Waals surface area contributed by atoms with Crippen LogP contribution in [0.3, 0.4) is 0 Å². The topological polar surface area (TPSA) is 89.2 Å². The predicted molar refractivity (Wildman–Crippen MR) is 103 cm³/mol. The number of aliphatic hydroxyl groups is 1. The zero-order chi connectivity index (χ0) is 19.2. The fraction of sp³-hybridized carbons (Fsp3) is 0.211. The molecule has 7 nitrogen and oxygen atoms in total. The first kappa shape index (κ1) is 18.9. The number of hydrogen-bond acceptors (Lipinski definition) is 4. The number of carbonyl (C=O) groups excluding carboxylic acids is 1. The Morgan fingerprint density at radius 3 is 2.52 bits per heavy atom. The zero-order valence-electron chi connectivity index (χ0n) is 14.5. The first-order chi connectivity index (χ1) is 13.1. The van der Waals surface area contributed by atoms with E-state index in [1.807, 2.05) is 30.3 Å². The highest BCUT2D eigenvalue weighted by atomic mass is 35.5. The van der Waals surface area contributed by atoms with Crippen molar-refractivity contribution >= 4 is 17.5 Å². The highest BCUT2D eigenvalue weighted by Crippen LogP contribution is 2.20. The zero-order valence-corrected chi connectivity index (χ0v) is 15.3. The third-order valence-electron chi connectivity index (χ3n) is 3.93. The van der Waals surface area contributed by atoms with Gasteiger partial charge in [-0.1, -0.05) is 54.1 Å². The molecule has 1 aromatic heterocycles. The molecular formula is C19H19ClN4O3. The van der Waals surface area contributed by atoms with Gasteiger partial charge in [-0.3, -0.25) is 9.36 Å². The largest absolute Gasteiger partial charge is 0.396 e. The molecule has 0 aliphatic heterocycles. The van der Waals surface area contributed by atoms with E-state index in [-0.39, 0.29) is 19.1 Å². The molecule has 3 rings (SSSR count). The van der Waals surface area contributed by atoms with Crippen molar-refractivity contribution in [3.8, 4) is 17.1 Å². The number of aromatic nitrogens is 3. The maximum Gasteiger partial charge on any atom is 0.351 e. The summed E-state index contributed by atoms with van der Waals surface area (Å²) in [7, 11) is 0. The second-order valence-corrected chi connectivity index (χ2v) is 6.26. The lowest BCUT2D eigenvalue weighted by Gasteiger charge is -2.06. The SMILES string of the molecule is O=C(Cn1c(-c2ccccc2)nn(-c2ccccc2Cl)c1=O)NCCCO. The molecule has 0 unspecified atom stereocenters. The number of nitrogens with zero attached hydrogens (tertiary/aromatic N) is 3. The van der Waals surface area contributed by atoms with Gasteiger partial charge < -0.3 is 10.4 Å². The monoisotopic (exact) mass is 386 g/mol. The Balaban J connectivity index is 2.04. The molecule has 1 amide bonds. The minimum absolute atomic E-state index is 0.0140. The lowest BCUT2D eigenvalue weighted by atomic mass is 10.2. The smallest absolute Gasteiger partial charge is 0.351 e. The van der Waals surface area contributed by atoms with Crippen LogP contribution in [0.1, 0.15) is 6.42 Å². The number of benzene rings is 2. The Kier molecular flexibility index (Phi) is 6.05. The summed E-state index contributed by atoms with van der Waals surface area (Å²) in [4.78, 5) is 25.2. The fourth-order valence-corrected chi connectivity index (χ4v) is 2.84. The van der Waals surface area contributed by atoms with Crippen LogP contribution in [0.4, 0.5) is 0 Å². The van der Waals surface area contributed by atoms with Gasteiger partial charge in [0.05, 0.1) is 10.7 Å². The van der Waals surface area contributed by atoms with Crippen LogP contribution in [0.2, 0.25) is 5.02 Å². The van der Waals surface area contributed by atoms with E-state index in [9.17, 15) is 9.59 Å². The number of hydrogen-bond donors (Lipinski definition) is 2. The summed E-state index contributed by atoms with van der Waals surface area (Å²) < 4.78 is 2.51. The molecule has 2 N–H and O–H groups in total. The second kappa shape index (κ2) is 8.66. The molecule has 0 saturated carbocycles. The van der Waals surface area contributed by atoms with Crippen LogP contribution in [0.15, 0.2) is 59.4 Å². The summed E-state index contributed by atoms with van der Waals surface area (Å²) in [6.45, 7) is 0.141. The van der Waals surface area contributed by atoms with Crippen LogP contribution >= 0.6 is 11.6 Å². The van der Waals surface area contributed by atoms with Gasteiger partial charge in [0.15, 0.2) is 5.82 Å². The van der Waals surface area contributed by atoms with Gasteiger partial charge in [-0.05, 0) is 18.6 Å². The summed E-state index contributed by atoms with van der Waals surface area (Å²) in [6.07, 6.45) is 0.449. The van der Waals surface area contributed by atoms with Gasteiger partial charge >= 0.3 is 5.69 Å². The van der Waals surface area contributed by atoms with Gasteiger partial charge in [-0.25, -0.2) is 4.79 Å². The molecule has 27 heavy (non-hydrogen) atoms. The number of nitrogens with one attached hydrogen (secondary N) is 1. The van der Waals surface area contributed by atoms with Crippen LogP contribution in [-0.2, 0) is 11.3 Å². The summed E-state index contributed by atoms with van der Waals surface area (Å²) in [6, 6.07) is 16.1. The maximum absolute atomic E-state index is 13.0. The van der Waals surface area contributed by atoms with Crippen LogP contribution in [0.25, 0.3) is 17.1 Å². The number of rotatable bonds is 7. The Morgan fingerprint density at radius 2 is 1.81 bits per heavy atom. The van der Waals surface area contributed by atoms with Gasteiger partial charge in [-0.15, -0.1) is 5.10 Å². The number of halogens is 1. The van der Waals surface area contributed by atoms with Crippen molar-refractivity contribution in [1.82, 2.24) is 19.7 Å². The van der Waals surface area contributed by atoms with Crippen molar-refractivity contribution < 1.29 is 9.90 Å². The van der Waals surface area contributed by atoms with Gasteiger partial charge in [-0.2, -0.15) is 4.68 Å². The fourth-order valence-electron chi connectivity index (χ4n) is 2.63. The standard InChI is InChI=1S/C19H19ClN4O3/c20-15-9-4-5-10-16(15)24-19(27)23(13-17(26)21-11-6-12-25)18(22-24)14-7-2-1-3-8-14/h1-5,7-10,25H,6,11-13H2,(H,21,26). The van der Waals surface area contributed by atoms with Crippen LogP contribution in [0.5, 0.6) is 0 Å². The minimum Gasteiger partial charge on any atom is -0.396 e. The van der Waals surface area contributed by atoms with Gasteiger partial charge in [0, 0.05) is 18.7 Å². The summed E-state index contributed by atoms with van der Waals surface area (Å²) in [5, 5.41) is 16.3. The molecule has 0 aliphatic rings. The first-order valence-corrected chi connectivity index (χ1v) is 8.87. The van der Waals surface area contributed by atoms with Crippen molar-refractivity contribution in [3.05, 3.63) is 70.1 Å². The molecule has 0 radical (unpaired) electrons. The molecular weight excluding hydrogens is 368 g/mol. The average Bonchev–Trinajstić information content (AvgIpc) is 2.99. The van der Waals surface area contributed by atoms with E-state index >= 15 is 0 Å². The minimum atomic E-state index is -0.459. The number of aliphatic hydroxyl groups excluding tert-OH is 1. The van der Waals surface area contributed by atoms with E-state index in [1.165, 1.54) is 9.25 Å². The summed E-state index contributed by atoms with van der Waals surface area (Å²) in [5.41, 5.74) is 0.698. The average molecular weight is 387 g/mol. The predicted octanol–water partition coefficient (Wildman–Crippen LogP) is 1.85.